The Hall–Kier alpha value is -1.60. The van der Waals surface area contributed by atoms with E-state index in [9.17, 15) is 0 Å². The normalized spacial score (nSPS) is 21.4. The van der Waals surface area contributed by atoms with Crippen LogP contribution in [0.25, 0.3) is 0 Å². The number of likely N-dealkylation sites (N-methyl/N-ethyl adjacent to an activating group) is 2. The van der Waals surface area contributed by atoms with E-state index >= 15 is 0 Å². The Balaban J connectivity index is 2.33. The van der Waals surface area contributed by atoms with Crippen LogP contribution >= 0.6 is 0 Å². The van der Waals surface area contributed by atoms with E-state index in [4.69, 9.17) is 11.5 Å². The van der Waals surface area contributed by atoms with Crippen LogP contribution in [0.2, 0.25) is 0 Å². The molecule has 0 unspecified atom stereocenters. The fraction of sp³-hybridized carbons (Fsp3) is 0.765. The van der Waals surface area contributed by atoms with Crippen LogP contribution in [0.4, 0.5) is 0 Å². The molecule has 0 saturated carbocycles. The number of piperazine rings is 1. The molecule has 0 radical (unpaired) electrons. The number of nitrogens with zero attached hydrogens (tertiary/aromatic N) is 4. The first kappa shape index (κ1) is 20.4. The van der Waals surface area contributed by atoms with Crippen molar-refractivity contribution in [2.75, 3.05) is 60.4 Å². The second kappa shape index (κ2) is 9.03. The summed E-state index contributed by atoms with van der Waals surface area (Å²) in [5.74, 6) is 1.05. The van der Waals surface area contributed by atoms with Crippen molar-refractivity contribution in [2.45, 2.75) is 20.3 Å². The molecule has 7 nitrogen and oxygen atoms in total. The second-order valence-electron chi connectivity index (χ2n) is 8.11. The fourth-order valence-corrected chi connectivity index (χ4v) is 2.55. The number of nitrogens with one attached hydrogen (secondary N) is 1. The van der Waals surface area contributed by atoms with Crippen molar-refractivity contribution in [3.05, 3.63) is 12.3 Å². The van der Waals surface area contributed by atoms with Gasteiger partial charge in [0.1, 0.15) is 26.2 Å². The highest BCUT2D eigenvalue weighted by molar-refractivity contribution is 5.97. The molecule has 0 aliphatic carbocycles. The Kier molecular flexibility index (Phi) is 7.69. The molecule has 0 aromatic rings. The predicted molar refractivity (Wildman–Crippen MR) is 102 cm³/mol. The van der Waals surface area contributed by atoms with Gasteiger partial charge in [0.05, 0.1) is 27.7 Å². The molecule has 0 aromatic carbocycles. The number of nitrogens with two attached hydrogens (primary N) is 2. The van der Waals surface area contributed by atoms with Crippen LogP contribution in [0.15, 0.2) is 22.3 Å². The third-order valence-electron chi connectivity index (χ3n) is 4.53. The number of hydrogen-bond donors (Lipinski definition) is 3. The molecule has 1 saturated heterocycles. The van der Waals surface area contributed by atoms with Crippen molar-refractivity contribution in [1.82, 2.24) is 5.32 Å². The molecule has 1 rings (SSSR count). The zero-order chi connectivity index (χ0) is 18.2. The van der Waals surface area contributed by atoms with Crippen LogP contribution in [0.3, 0.4) is 0 Å². The van der Waals surface area contributed by atoms with Crippen LogP contribution < -0.4 is 16.8 Å². The van der Waals surface area contributed by atoms with Crippen LogP contribution in [0.5, 0.6) is 0 Å². The number of quaternary nitrogens is 2. The maximum absolute atomic E-state index is 5.78. The predicted octanol–water partition coefficient (Wildman–Crippen LogP) is 0.302. The highest BCUT2D eigenvalue weighted by Gasteiger charge is 2.33. The first-order valence-electron chi connectivity index (χ1n) is 8.83. The molecule has 1 fully saturated rings. The highest BCUT2D eigenvalue weighted by atomic mass is 15.4. The van der Waals surface area contributed by atoms with Gasteiger partial charge in [-0.3, -0.25) is 10.3 Å². The summed E-state index contributed by atoms with van der Waals surface area (Å²) in [6.07, 6.45) is 4.81. The number of aliphatic imine (C=N–C) groups is 2. The number of guanidine groups is 2. The average molecular weight is 340 g/mol. The van der Waals surface area contributed by atoms with Gasteiger partial charge in [-0.05, 0) is 5.92 Å². The molecule has 138 valence electrons. The van der Waals surface area contributed by atoms with E-state index < -0.39 is 0 Å². The zero-order valence-electron chi connectivity index (χ0n) is 16.1. The van der Waals surface area contributed by atoms with Gasteiger partial charge in [0.2, 0.25) is 0 Å². The van der Waals surface area contributed by atoms with E-state index in [-0.39, 0.29) is 5.96 Å². The average Bonchev–Trinajstić information content (AvgIpc) is 2.48. The summed E-state index contributed by atoms with van der Waals surface area (Å²) < 4.78 is 2.27. The van der Waals surface area contributed by atoms with Crippen molar-refractivity contribution >= 4 is 11.9 Å². The van der Waals surface area contributed by atoms with Gasteiger partial charge >= 0.3 is 0 Å². The molecular weight excluding hydrogens is 302 g/mol. The molecule has 0 bridgehead atoms. The lowest BCUT2D eigenvalue weighted by Crippen LogP contribution is -2.62. The van der Waals surface area contributed by atoms with Crippen molar-refractivity contribution in [3.63, 3.8) is 0 Å². The van der Waals surface area contributed by atoms with E-state index in [1.54, 1.807) is 6.20 Å². The SMILES string of the molecule is CC(C)CN=C(N)NC(N)=N/C=C/CC[N+]1(C)CC[N+](C)(C)CC1. The van der Waals surface area contributed by atoms with E-state index in [2.05, 4.69) is 56.4 Å². The van der Waals surface area contributed by atoms with Gasteiger partial charge in [-0.2, -0.15) is 0 Å². The summed E-state index contributed by atoms with van der Waals surface area (Å²) in [7, 11) is 6.96. The van der Waals surface area contributed by atoms with Gasteiger partial charge in [0, 0.05) is 19.2 Å². The largest absolute Gasteiger partial charge is 0.370 e. The minimum Gasteiger partial charge on any atom is -0.370 e. The smallest absolute Gasteiger partial charge is 0.200 e. The lowest BCUT2D eigenvalue weighted by atomic mass is 10.2. The van der Waals surface area contributed by atoms with Gasteiger partial charge in [0.25, 0.3) is 0 Å². The van der Waals surface area contributed by atoms with Crippen LogP contribution in [-0.4, -0.2) is 81.3 Å². The molecule has 0 amide bonds. The van der Waals surface area contributed by atoms with Crippen molar-refractivity contribution in [1.29, 1.82) is 0 Å². The Morgan fingerprint density at radius 2 is 1.71 bits per heavy atom. The van der Waals surface area contributed by atoms with E-state index in [1.807, 2.05) is 0 Å². The molecule has 0 atom stereocenters. The van der Waals surface area contributed by atoms with Gasteiger partial charge in [-0.15, -0.1) is 0 Å². The fourth-order valence-electron chi connectivity index (χ4n) is 2.55. The lowest BCUT2D eigenvalue weighted by Gasteiger charge is -2.44. The third kappa shape index (κ3) is 8.31. The van der Waals surface area contributed by atoms with Crippen LogP contribution in [0, 0.1) is 5.92 Å². The van der Waals surface area contributed by atoms with E-state index in [0.717, 1.165) is 21.9 Å². The minimum atomic E-state index is 0.272. The Morgan fingerprint density at radius 1 is 1.08 bits per heavy atom. The van der Waals surface area contributed by atoms with Gasteiger partial charge < -0.3 is 20.4 Å². The molecule has 24 heavy (non-hydrogen) atoms. The Labute approximate surface area is 147 Å². The van der Waals surface area contributed by atoms with Crippen LogP contribution in [-0.2, 0) is 0 Å². The van der Waals surface area contributed by atoms with E-state index in [0.29, 0.717) is 18.4 Å². The van der Waals surface area contributed by atoms with Crippen molar-refractivity contribution < 1.29 is 8.97 Å². The Morgan fingerprint density at radius 3 is 2.29 bits per heavy atom. The summed E-state index contributed by atoms with van der Waals surface area (Å²) >= 11 is 0. The monoisotopic (exact) mass is 339 g/mol. The summed E-state index contributed by atoms with van der Waals surface area (Å²) in [6.45, 7) is 10.9. The molecule has 0 spiro atoms. The summed E-state index contributed by atoms with van der Waals surface area (Å²) in [5, 5.41) is 2.79. The minimum absolute atomic E-state index is 0.272. The maximum atomic E-state index is 5.78. The van der Waals surface area contributed by atoms with Gasteiger partial charge in [-0.1, -0.05) is 19.9 Å². The molecular formula is C17H37N7+2. The topological polar surface area (TPSA) is 88.8 Å². The first-order valence-corrected chi connectivity index (χ1v) is 8.83. The molecule has 5 N–H and O–H groups in total. The van der Waals surface area contributed by atoms with Crippen molar-refractivity contribution in [3.8, 4) is 0 Å². The number of hydrogen-bond acceptors (Lipinski definition) is 2. The van der Waals surface area contributed by atoms with E-state index in [1.165, 1.54) is 26.2 Å². The summed E-state index contributed by atoms with van der Waals surface area (Å²) in [4.78, 5) is 8.34. The molecule has 1 aliphatic rings. The lowest BCUT2D eigenvalue weighted by molar-refractivity contribution is -1.01. The number of rotatable bonds is 6. The quantitative estimate of drug-likeness (QED) is 0.369. The summed E-state index contributed by atoms with van der Waals surface area (Å²) in [6, 6.07) is 0. The first-order chi connectivity index (χ1) is 11.1. The maximum Gasteiger partial charge on any atom is 0.200 e. The molecule has 0 aromatic heterocycles. The zero-order valence-corrected chi connectivity index (χ0v) is 16.1. The molecule has 7 heteroatoms. The summed E-state index contributed by atoms with van der Waals surface area (Å²) in [5.41, 5.74) is 11.5. The van der Waals surface area contributed by atoms with Crippen LogP contribution in [0.1, 0.15) is 20.3 Å². The second-order valence-corrected chi connectivity index (χ2v) is 8.11. The van der Waals surface area contributed by atoms with Crippen molar-refractivity contribution in [2.24, 2.45) is 27.4 Å². The molecule has 1 aliphatic heterocycles. The Bertz CT molecular complexity index is 467. The molecule has 1 heterocycles. The van der Waals surface area contributed by atoms with Gasteiger partial charge in [-0.25, -0.2) is 4.99 Å². The highest BCUT2D eigenvalue weighted by Crippen LogP contribution is 2.14. The third-order valence-corrected chi connectivity index (χ3v) is 4.53. The van der Waals surface area contributed by atoms with Gasteiger partial charge in [0.15, 0.2) is 11.9 Å². The standard InChI is InChI=1S/C17H37N7/c1-15(2)14-21-17(19)22-16(18)20-8-6-7-9-24(5)12-10-23(3,4)11-13-24/h6,8,15H,7,9-14H2,1-5H3,(H5,18,19,20,21,22)/q+2/b8-6+.